The summed E-state index contributed by atoms with van der Waals surface area (Å²) in [7, 11) is 0. The molecule has 7 heteroatoms. The lowest BCUT2D eigenvalue weighted by Crippen LogP contribution is -2.44. The lowest BCUT2D eigenvalue weighted by atomic mass is 10.2. The number of rotatable bonds is 3. The van der Waals surface area contributed by atoms with Gasteiger partial charge in [-0.3, -0.25) is 4.90 Å². The zero-order chi connectivity index (χ0) is 13.4. The van der Waals surface area contributed by atoms with Gasteiger partial charge in [-0.2, -0.15) is 9.61 Å². The molecule has 1 saturated heterocycles. The lowest BCUT2D eigenvalue weighted by molar-refractivity contribution is 0.184. The van der Waals surface area contributed by atoms with Crippen LogP contribution < -0.4 is 5.32 Å². The summed E-state index contributed by atoms with van der Waals surface area (Å²) >= 11 is 1.65. The number of piperazine rings is 1. The fourth-order valence-corrected chi connectivity index (χ4v) is 3.33. The molecule has 2 aromatic rings. The third kappa shape index (κ3) is 2.37. The second kappa shape index (κ2) is 5.15. The summed E-state index contributed by atoms with van der Waals surface area (Å²) in [4.78, 5) is 3.37. The number of aromatic nitrogens is 4. The minimum Gasteiger partial charge on any atom is -0.314 e. The van der Waals surface area contributed by atoms with Crippen molar-refractivity contribution in [3.8, 4) is 0 Å². The summed E-state index contributed by atoms with van der Waals surface area (Å²) in [5.41, 5.74) is 0. The van der Waals surface area contributed by atoms with E-state index < -0.39 is 0 Å². The number of nitrogens with one attached hydrogen (secondary N) is 1. The highest BCUT2D eigenvalue weighted by Crippen LogP contribution is 2.26. The van der Waals surface area contributed by atoms with Crippen LogP contribution in [0.5, 0.6) is 0 Å². The van der Waals surface area contributed by atoms with Crippen LogP contribution in [0.15, 0.2) is 0 Å². The predicted molar refractivity (Wildman–Crippen MR) is 75.6 cm³/mol. The van der Waals surface area contributed by atoms with Gasteiger partial charge in [0.2, 0.25) is 4.96 Å². The van der Waals surface area contributed by atoms with Crippen LogP contribution in [0.2, 0.25) is 0 Å². The van der Waals surface area contributed by atoms with Gasteiger partial charge in [0.05, 0.1) is 6.04 Å². The van der Waals surface area contributed by atoms with Crippen LogP contribution in [0, 0.1) is 0 Å². The molecule has 0 aliphatic carbocycles. The van der Waals surface area contributed by atoms with Crippen LogP contribution in [0.4, 0.5) is 0 Å². The maximum Gasteiger partial charge on any atom is 0.234 e. The summed E-state index contributed by atoms with van der Waals surface area (Å²) < 4.78 is 1.91. The molecule has 1 unspecified atom stereocenters. The van der Waals surface area contributed by atoms with Crippen molar-refractivity contribution >= 4 is 16.3 Å². The SMILES string of the molecule is CC(C)c1nnc2sc(C(C)N3CCNCC3)nn12. The van der Waals surface area contributed by atoms with Gasteiger partial charge in [-0.15, -0.1) is 10.2 Å². The number of nitrogens with zero attached hydrogens (tertiary/aromatic N) is 5. The molecule has 3 heterocycles. The van der Waals surface area contributed by atoms with Crippen molar-refractivity contribution in [2.24, 2.45) is 0 Å². The van der Waals surface area contributed by atoms with Crippen LogP contribution >= 0.6 is 11.3 Å². The van der Waals surface area contributed by atoms with Crippen LogP contribution in [0.1, 0.15) is 43.6 Å². The molecular weight excluding hydrogens is 260 g/mol. The average Bonchev–Trinajstić information content (AvgIpc) is 2.98. The molecule has 3 rings (SSSR count). The number of hydrogen-bond donors (Lipinski definition) is 1. The second-order valence-electron chi connectivity index (χ2n) is 5.31. The van der Waals surface area contributed by atoms with Gasteiger partial charge in [-0.1, -0.05) is 25.2 Å². The molecule has 0 bridgehead atoms. The zero-order valence-electron chi connectivity index (χ0n) is 11.6. The summed E-state index contributed by atoms with van der Waals surface area (Å²) in [6.07, 6.45) is 0. The maximum absolute atomic E-state index is 4.72. The Balaban J connectivity index is 1.88. The van der Waals surface area contributed by atoms with Gasteiger partial charge in [0, 0.05) is 32.1 Å². The molecule has 19 heavy (non-hydrogen) atoms. The molecule has 0 amide bonds. The van der Waals surface area contributed by atoms with E-state index in [1.807, 2.05) is 4.52 Å². The first kappa shape index (κ1) is 13.0. The fraction of sp³-hybridized carbons (Fsp3) is 0.750. The van der Waals surface area contributed by atoms with E-state index in [-0.39, 0.29) is 0 Å². The molecule has 1 atom stereocenters. The van der Waals surface area contributed by atoms with Crippen LogP contribution in [0.3, 0.4) is 0 Å². The normalized spacial score (nSPS) is 19.4. The van der Waals surface area contributed by atoms with Gasteiger partial charge in [-0.25, -0.2) is 0 Å². The Labute approximate surface area is 116 Å². The van der Waals surface area contributed by atoms with E-state index in [0.717, 1.165) is 42.0 Å². The largest absolute Gasteiger partial charge is 0.314 e. The highest BCUT2D eigenvalue weighted by atomic mass is 32.1. The van der Waals surface area contributed by atoms with E-state index in [9.17, 15) is 0 Å². The first-order valence-electron chi connectivity index (χ1n) is 6.83. The van der Waals surface area contributed by atoms with Gasteiger partial charge in [0.1, 0.15) is 5.01 Å². The summed E-state index contributed by atoms with van der Waals surface area (Å²) in [5.74, 6) is 1.30. The Bertz CT molecular complexity index is 554. The Hall–Kier alpha value is -1.05. The van der Waals surface area contributed by atoms with Crippen molar-refractivity contribution in [3.05, 3.63) is 10.8 Å². The third-order valence-corrected chi connectivity index (χ3v) is 4.67. The summed E-state index contributed by atoms with van der Waals surface area (Å²) in [6.45, 7) is 10.8. The van der Waals surface area contributed by atoms with Crippen molar-refractivity contribution in [2.45, 2.75) is 32.7 Å². The topological polar surface area (TPSA) is 58.4 Å². The van der Waals surface area contributed by atoms with E-state index in [2.05, 4.69) is 41.2 Å². The quantitative estimate of drug-likeness (QED) is 0.917. The van der Waals surface area contributed by atoms with Crippen molar-refractivity contribution in [3.63, 3.8) is 0 Å². The lowest BCUT2D eigenvalue weighted by Gasteiger charge is -2.31. The molecule has 6 nitrogen and oxygen atoms in total. The Morgan fingerprint density at radius 2 is 1.89 bits per heavy atom. The van der Waals surface area contributed by atoms with Crippen molar-refractivity contribution in [2.75, 3.05) is 26.2 Å². The molecule has 0 saturated carbocycles. The average molecular weight is 280 g/mol. The van der Waals surface area contributed by atoms with E-state index in [0.29, 0.717) is 12.0 Å². The van der Waals surface area contributed by atoms with Crippen molar-refractivity contribution < 1.29 is 0 Å². The van der Waals surface area contributed by atoms with Gasteiger partial charge in [0.15, 0.2) is 5.82 Å². The van der Waals surface area contributed by atoms with Gasteiger partial charge in [0.25, 0.3) is 0 Å². The monoisotopic (exact) mass is 280 g/mol. The molecule has 1 aliphatic heterocycles. The van der Waals surface area contributed by atoms with E-state index in [1.165, 1.54) is 0 Å². The minimum absolute atomic E-state index is 0.347. The van der Waals surface area contributed by atoms with E-state index >= 15 is 0 Å². The molecule has 1 aliphatic rings. The van der Waals surface area contributed by atoms with E-state index in [1.54, 1.807) is 11.3 Å². The van der Waals surface area contributed by atoms with Gasteiger partial charge in [-0.05, 0) is 6.92 Å². The second-order valence-corrected chi connectivity index (χ2v) is 6.30. The fourth-order valence-electron chi connectivity index (χ4n) is 2.40. The third-order valence-electron chi connectivity index (χ3n) is 3.60. The van der Waals surface area contributed by atoms with Crippen molar-refractivity contribution in [1.82, 2.24) is 30.0 Å². The first-order valence-corrected chi connectivity index (χ1v) is 7.65. The summed E-state index contributed by atoms with van der Waals surface area (Å²) in [5, 5.41) is 17.7. The highest BCUT2D eigenvalue weighted by molar-refractivity contribution is 7.16. The van der Waals surface area contributed by atoms with Gasteiger partial charge < -0.3 is 5.32 Å². The molecule has 0 aromatic carbocycles. The maximum atomic E-state index is 4.72. The molecule has 0 spiro atoms. The molecule has 104 valence electrons. The number of hydrogen-bond acceptors (Lipinski definition) is 6. The van der Waals surface area contributed by atoms with Crippen LogP contribution in [0.25, 0.3) is 4.96 Å². The first-order chi connectivity index (χ1) is 9.16. The minimum atomic E-state index is 0.347. The van der Waals surface area contributed by atoms with Crippen LogP contribution in [-0.4, -0.2) is 50.9 Å². The Kier molecular flexibility index (Phi) is 3.51. The molecule has 0 radical (unpaired) electrons. The predicted octanol–water partition coefficient (Wildman–Crippen LogP) is 1.28. The smallest absolute Gasteiger partial charge is 0.234 e. The molecule has 1 fully saturated rings. The highest BCUT2D eigenvalue weighted by Gasteiger charge is 2.23. The van der Waals surface area contributed by atoms with Crippen LogP contribution in [-0.2, 0) is 0 Å². The van der Waals surface area contributed by atoms with E-state index in [4.69, 9.17) is 5.10 Å². The molecular formula is C12H20N6S. The molecule has 1 N–H and O–H groups in total. The number of fused-ring (bicyclic) bond motifs is 1. The Morgan fingerprint density at radius 1 is 1.16 bits per heavy atom. The summed E-state index contributed by atoms with van der Waals surface area (Å²) in [6, 6.07) is 0.355. The zero-order valence-corrected chi connectivity index (χ0v) is 12.4. The molecule has 2 aromatic heterocycles. The van der Waals surface area contributed by atoms with Gasteiger partial charge >= 0.3 is 0 Å². The standard InChI is InChI=1S/C12H20N6S/c1-8(2)10-14-15-12-18(10)16-11(19-12)9(3)17-6-4-13-5-7-17/h8-9,13H,4-7H2,1-3H3. The van der Waals surface area contributed by atoms with Crippen molar-refractivity contribution in [1.29, 1.82) is 0 Å². The Morgan fingerprint density at radius 3 is 2.58 bits per heavy atom.